The number of carbonyl (C=O) groups excluding carboxylic acids is 2. The first kappa shape index (κ1) is 23.9. The Morgan fingerprint density at radius 1 is 1.28 bits per heavy atom. The molecule has 0 aliphatic carbocycles. The normalized spacial score (nSPS) is 18.3. The number of benzene rings is 2. The lowest BCUT2D eigenvalue weighted by Crippen LogP contribution is -2.48. The van der Waals surface area contributed by atoms with E-state index in [2.05, 4.69) is 5.32 Å². The largest absolute Gasteiger partial charge is 0.444 e. The van der Waals surface area contributed by atoms with Crippen LogP contribution < -0.4 is 11.1 Å². The Morgan fingerprint density at radius 2 is 2.03 bits per heavy atom. The van der Waals surface area contributed by atoms with E-state index in [9.17, 15) is 19.6 Å². The Kier molecular flexibility index (Phi) is 6.92. The Labute approximate surface area is 229 Å². The first-order valence-electron chi connectivity index (χ1n) is 13.9. The second kappa shape index (κ2) is 11.3. The zero-order valence-electron chi connectivity index (χ0n) is 24.8. The molecule has 1 aromatic heterocycles. The third-order valence-corrected chi connectivity index (χ3v) is 6.08. The van der Waals surface area contributed by atoms with Gasteiger partial charge in [-0.3, -0.25) is 9.36 Å². The van der Waals surface area contributed by atoms with Crippen LogP contribution in [0.3, 0.4) is 0 Å². The fraction of sp³-hybridized carbons (Fsp3) is 0.429. The van der Waals surface area contributed by atoms with Gasteiger partial charge in [0.1, 0.15) is 17.5 Å². The van der Waals surface area contributed by atoms with Crippen LogP contribution in [0, 0.1) is 17.1 Å². The summed E-state index contributed by atoms with van der Waals surface area (Å²) in [6.07, 6.45) is -1.24. The number of nitrogens with one attached hydrogen (secondary N) is 1. The zero-order chi connectivity index (χ0) is 30.8. The number of aromatic nitrogens is 1. The first-order chi connectivity index (χ1) is 19.7. The summed E-state index contributed by atoms with van der Waals surface area (Å²) < 4.78 is 54.6. The quantitative estimate of drug-likeness (QED) is 0.524. The van der Waals surface area contributed by atoms with Gasteiger partial charge in [-0.25, -0.2) is 14.0 Å². The lowest BCUT2D eigenvalue weighted by atomic mass is 10.00. The van der Waals surface area contributed by atoms with Crippen molar-refractivity contribution in [1.29, 1.82) is 5.26 Å². The van der Waals surface area contributed by atoms with Gasteiger partial charge in [-0.1, -0.05) is 18.2 Å². The van der Waals surface area contributed by atoms with Gasteiger partial charge in [-0.2, -0.15) is 5.26 Å². The number of amides is 2. The monoisotopic (exact) mass is 541 g/mol. The molecule has 1 aliphatic heterocycles. The first-order valence-corrected chi connectivity index (χ1v) is 12.4. The van der Waals surface area contributed by atoms with Crippen molar-refractivity contribution in [2.75, 3.05) is 19.7 Å². The molecule has 1 saturated heterocycles. The van der Waals surface area contributed by atoms with Gasteiger partial charge in [-0.15, -0.1) is 0 Å². The lowest BCUT2D eigenvalue weighted by Gasteiger charge is -2.27. The second-order valence-corrected chi connectivity index (χ2v) is 10.2. The molecule has 2 heterocycles. The number of nitriles is 1. The Bertz CT molecular complexity index is 1590. The molecule has 0 spiro atoms. The predicted molar refractivity (Wildman–Crippen MR) is 140 cm³/mol. The maximum absolute atomic E-state index is 15.2. The molecule has 0 bridgehead atoms. The molecule has 0 unspecified atom stereocenters. The molecule has 2 amide bonds. The molecule has 11 heteroatoms. The molecular weight excluding hydrogens is 507 g/mol. The number of hydrogen-bond acceptors (Lipinski definition) is 7. The second-order valence-electron chi connectivity index (χ2n) is 10.2. The third-order valence-electron chi connectivity index (χ3n) is 6.08. The van der Waals surface area contributed by atoms with Crippen molar-refractivity contribution in [3.8, 4) is 17.2 Å². The van der Waals surface area contributed by atoms with Gasteiger partial charge in [0, 0.05) is 30.7 Å². The van der Waals surface area contributed by atoms with E-state index in [0.29, 0.717) is 28.7 Å². The topological polar surface area (TPSA) is 127 Å². The van der Waals surface area contributed by atoms with Gasteiger partial charge in [0.2, 0.25) is 0 Å². The summed E-state index contributed by atoms with van der Waals surface area (Å²) in [5.74, 6) is -2.29. The molecule has 2 aromatic carbocycles. The van der Waals surface area contributed by atoms with E-state index in [1.807, 2.05) is 6.07 Å². The molecule has 39 heavy (non-hydrogen) atoms. The summed E-state index contributed by atoms with van der Waals surface area (Å²) in [6, 6.07) is 9.56. The van der Waals surface area contributed by atoms with Crippen LogP contribution in [-0.4, -0.2) is 58.9 Å². The molecule has 0 radical (unpaired) electrons. The van der Waals surface area contributed by atoms with Crippen molar-refractivity contribution < 1.29 is 32.0 Å². The zero-order valence-corrected chi connectivity index (χ0v) is 21.8. The molecule has 4 rings (SSSR count). The van der Waals surface area contributed by atoms with Gasteiger partial charge in [-0.05, 0) is 62.1 Å². The molecule has 1 aliphatic rings. The maximum Gasteiger partial charge on any atom is 0.419 e. The minimum atomic E-state index is -2.76. The molecular formula is C28H31FN4O6. The van der Waals surface area contributed by atoms with Crippen molar-refractivity contribution in [2.24, 2.45) is 6.98 Å². The standard InChI is InChI=1S/C28H31FN4O6/c1-28(2,3)39-27(36)33-10-5-11-37-24(16-33)25(34)31-20(15-30)12-19-7-6-17(13-21(19)29)18-8-9-23-22(14-18)32(4)26(35)38-23/h6-9,13-14,20,24H,5,10-12,16H2,1-4H3,(H,31,34)/t20-,24-/m0/s1/i4D3. The predicted octanol–water partition coefficient (Wildman–Crippen LogP) is 3.51. The summed E-state index contributed by atoms with van der Waals surface area (Å²) in [5.41, 5.74) is 0.412. The minimum absolute atomic E-state index is 0.0419. The molecule has 206 valence electrons. The van der Waals surface area contributed by atoms with E-state index in [-0.39, 0.29) is 36.2 Å². The van der Waals surface area contributed by atoms with Crippen LogP contribution in [0.2, 0.25) is 0 Å². The number of fused-ring (bicyclic) bond motifs is 1. The highest BCUT2D eigenvalue weighted by Gasteiger charge is 2.31. The van der Waals surface area contributed by atoms with Gasteiger partial charge in [0.15, 0.2) is 11.7 Å². The average molecular weight is 542 g/mol. The number of hydrogen-bond donors (Lipinski definition) is 1. The minimum Gasteiger partial charge on any atom is -0.444 e. The molecule has 2 atom stereocenters. The summed E-state index contributed by atoms with van der Waals surface area (Å²) in [5, 5.41) is 12.3. The van der Waals surface area contributed by atoms with E-state index in [1.165, 1.54) is 29.2 Å². The molecule has 1 N–H and O–H groups in total. The number of nitrogens with zero attached hydrogens (tertiary/aromatic N) is 3. The Balaban J connectivity index is 1.47. The lowest BCUT2D eigenvalue weighted by molar-refractivity contribution is -0.133. The van der Waals surface area contributed by atoms with E-state index in [4.69, 9.17) is 18.0 Å². The SMILES string of the molecule is [2H]C([2H])([2H])n1c(=O)oc2ccc(-c3ccc(C[C@@H](C#N)NC(=O)[C@@H]4CN(C(=O)OC(C)(C)C)CCCO4)c(F)c3)cc21. The average Bonchev–Trinajstić information content (AvgIpc) is 3.05. The number of ether oxygens (including phenoxy) is 2. The van der Waals surface area contributed by atoms with Gasteiger partial charge in [0.05, 0.1) is 18.1 Å². The Hall–Kier alpha value is -4.17. The van der Waals surface area contributed by atoms with Gasteiger partial charge < -0.3 is 24.1 Å². The third kappa shape index (κ3) is 6.64. The van der Waals surface area contributed by atoms with Crippen LogP contribution in [-0.2, 0) is 27.7 Å². The molecule has 10 nitrogen and oxygen atoms in total. The van der Waals surface area contributed by atoms with E-state index < -0.39 is 48.3 Å². The van der Waals surface area contributed by atoms with Crippen molar-refractivity contribution >= 4 is 23.1 Å². The number of oxazole rings is 1. The summed E-state index contributed by atoms with van der Waals surface area (Å²) in [6.45, 7) is 2.98. The van der Waals surface area contributed by atoms with Crippen molar-refractivity contribution in [2.45, 2.75) is 51.4 Å². The van der Waals surface area contributed by atoms with Crippen LogP contribution in [0.5, 0.6) is 0 Å². The van der Waals surface area contributed by atoms with Crippen LogP contribution in [0.15, 0.2) is 45.6 Å². The van der Waals surface area contributed by atoms with Crippen molar-refractivity contribution in [1.82, 2.24) is 14.8 Å². The van der Waals surface area contributed by atoms with Crippen molar-refractivity contribution in [3.63, 3.8) is 0 Å². The molecule has 0 saturated carbocycles. The number of rotatable bonds is 5. The number of carbonyl (C=O) groups is 2. The summed E-state index contributed by atoms with van der Waals surface area (Å²) in [4.78, 5) is 38.9. The Morgan fingerprint density at radius 3 is 2.72 bits per heavy atom. The highest BCUT2D eigenvalue weighted by Crippen LogP contribution is 2.26. The summed E-state index contributed by atoms with van der Waals surface area (Å²) in [7, 11) is 0. The molecule has 3 aromatic rings. The van der Waals surface area contributed by atoms with Gasteiger partial charge >= 0.3 is 11.8 Å². The van der Waals surface area contributed by atoms with Crippen LogP contribution >= 0.6 is 0 Å². The highest BCUT2D eigenvalue weighted by atomic mass is 19.1. The fourth-order valence-corrected chi connectivity index (χ4v) is 4.18. The van der Waals surface area contributed by atoms with Crippen LogP contribution in [0.4, 0.5) is 9.18 Å². The van der Waals surface area contributed by atoms with E-state index >= 15 is 4.39 Å². The number of aryl methyl sites for hydroxylation is 1. The maximum atomic E-state index is 15.2. The molecule has 1 fully saturated rings. The number of halogens is 1. The summed E-state index contributed by atoms with van der Waals surface area (Å²) >= 11 is 0. The van der Waals surface area contributed by atoms with Crippen molar-refractivity contribution in [3.05, 3.63) is 58.3 Å². The van der Waals surface area contributed by atoms with Crippen LogP contribution in [0.1, 0.15) is 36.9 Å². The van der Waals surface area contributed by atoms with Crippen LogP contribution in [0.25, 0.3) is 22.2 Å². The smallest absolute Gasteiger partial charge is 0.419 e. The van der Waals surface area contributed by atoms with E-state index in [1.54, 1.807) is 32.9 Å². The van der Waals surface area contributed by atoms with Gasteiger partial charge in [0.25, 0.3) is 5.91 Å². The van der Waals surface area contributed by atoms with E-state index in [0.717, 1.165) is 0 Å². The fourth-order valence-electron chi connectivity index (χ4n) is 4.18. The highest BCUT2D eigenvalue weighted by molar-refractivity contribution is 5.83.